The van der Waals surface area contributed by atoms with Crippen LogP contribution < -0.4 is 21.5 Å². The van der Waals surface area contributed by atoms with Gasteiger partial charge in [0.1, 0.15) is 5.75 Å². The number of primary amides is 1. The Hall–Kier alpha value is -2.21. The van der Waals surface area contributed by atoms with Crippen LogP contribution in [-0.2, 0) is 0 Å². The van der Waals surface area contributed by atoms with E-state index in [9.17, 15) is 4.79 Å². The number of halogens is 1. The van der Waals surface area contributed by atoms with Gasteiger partial charge in [0.15, 0.2) is 0 Å². The smallest absolute Gasteiger partial charge is 0.248 e. The number of hydrogen-bond donors (Lipinski definition) is 3. The molecule has 5 N–H and O–H groups in total. The molecule has 6 heteroatoms. The highest BCUT2D eigenvalue weighted by molar-refractivity contribution is 9.10. The monoisotopic (exact) mass is 335 g/mol. The number of ether oxygens (including phenoxy) is 1. The Morgan fingerprint density at radius 1 is 1.25 bits per heavy atom. The topological polar surface area (TPSA) is 90.4 Å². The minimum Gasteiger partial charge on any atom is -0.497 e. The Labute approximate surface area is 125 Å². The Morgan fingerprint density at radius 3 is 2.65 bits per heavy atom. The number of rotatable bonds is 4. The maximum absolute atomic E-state index is 11.2. The van der Waals surface area contributed by atoms with E-state index in [2.05, 4.69) is 21.2 Å². The van der Waals surface area contributed by atoms with Crippen molar-refractivity contribution in [3.8, 4) is 5.75 Å². The number of nitrogens with two attached hydrogens (primary N) is 2. The molecule has 0 fully saturated rings. The van der Waals surface area contributed by atoms with Gasteiger partial charge in [0.05, 0.1) is 18.5 Å². The molecule has 2 rings (SSSR count). The Bertz CT molecular complexity index is 659. The van der Waals surface area contributed by atoms with Crippen molar-refractivity contribution in [1.82, 2.24) is 0 Å². The number of carbonyl (C=O) groups is 1. The molecule has 2 aromatic rings. The van der Waals surface area contributed by atoms with Gasteiger partial charge in [-0.2, -0.15) is 0 Å². The molecule has 0 heterocycles. The molecule has 0 aliphatic heterocycles. The lowest BCUT2D eigenvalue weighted by Crippen LogP contribution is -2.11. The summed E-state index contributed by atoms with van der Waals surface area (Å²) in [7, 11) is 1.59. The van der Waals surface area contributed by atoms with Crippen LogP contribution in [0.15, 0.2) is 40.9 Å². The first-order valence-corrected chi connectivity index (χ1v) is 6.60. The zero-order chi connectivity index (χ0) is 14.7. The second kappa shape index (κ2) is 5.83. The van der Waals surface area contributed by atoms with Gasteiger partial charge in [0.2, 0.25) is 5.91 Å². The lowest BCUT2D eigenvalue weighted by atomic mass is 10.1. The molecule has 5 nitrogen and oxygen atoms in total. The lowest BCUT2D eigenvalue weighted by molar-refractivity contribution is 0.100. The Balaban J connectivity index is 2.36. The number of anilines is 3. The van der Waals surface area contributed by atoms with E-state index >= 15 is 0 Å². The summed E-state index contributed by atoms with van der Waals surface area (Å²) in [6.07, 6.45) is 0. The molecular weight excluding hydrogens is 322 g/mol. The van der Waals surface area contributed by atoms with Crippen molar-refractivity contribution in [2.24, 2.45) is 5.73 Å². The summed E-state index contributed by atoms with van der Waals surface area (Å²) in [4.78, 5) is 11.2. The van der Waals surface area contributed by atoms with Crippen molar-refractivity contribution in [3.63, 3.8) is 0 Å². The van der Waals surface area contributed by atoms with E-state index in [0.29, 0.717) is 22.7 Å². The van der Waals surface area contributed by atoms with Crippen molar-refractivity contribution >= 4 is 38.9 Å². The second-order valence-electron chi connectivity index (χ2n) is 4.17. The maximum Gasteiger partial charge on any atom is 0.248 e. The van der Waals surface area contributed by atoms with Gasteiger partial charge in [-0.05, 0) is 30.3 Å². The highest BCUT2D eigenvalue weighted by Gasteiger charge is 2.07. The molecule has 20 heavy (non-hydrogen) atoms. The number of nitrogen functional groups attached to an aromatic ring is 1. The zero-order valence-electron chi connectivity index (χ0n) is 10.8. The third kappa shape index (κ3) is 3.21. The van der Waals surface area contributed by atoms with Gasteiger partial charge in [-0.1, -0.05) is 15.9 Å². The number of methoxy groups -OCH3 is 1. The molecule has 0 bridgehead atoms. The highest BCUT2D eigenvalue weighted by atomic mass is 79.9. The highest BCUT2D eigenvalue weighted by Crippen LogP contribution is 2.29. The molecule has 0 aliphatic rings. The molecule has 104 valence electrons. The summed E-state index contributed by atoms with van der Waals surface area (Å²) < 4.78 is 6.06. The van der Waals surface area contributed by atoms with Crippen LogP contribution in [0.5, 0.6) is 5.75 Å². The molecule has 0 unspecified atom stereocenters. The lowest BCUT2D eigenvalue weighted by Gasteiger charge is -2.12. The average Bonchev–Trinajstić information content (AvgIpc) is 2.40. The summed E-state index contributed by atoms with van der Waals surface area (Å²) >= 11 is 3.40. The van der Waals surface area contributed by atoms with Crippen LogP contribution in [0, 0.1) is 0 Å². The van der Waals surface area contributed by atoms with Crippen molar-refractivity contribution in [3.05, 3.63) is 46.4 Å². The van der Waals surface area contributed by atoms with Gasteiger partial charge in [-0.25, -0.2) is 0 Å². The third-order valence-corrected chi connectivity index (χ3v) is 3.18. The first kappa shape index (κ1) is 14.2. The summed E-state index contributed by atoms with van der Waals surface area (Å²) in [5.41, 5.74) is 13.5. The molecule has 1 amide bonds. The van der Waals surface area contributed by atoms with E-state index in [1.807, 2.05) is 18.2 Å². The SMILES string of the molecule is COc1cc(Br)cc(Nc2cc(C(N)=O)ccc2N)c1. The van der Waals surface area contributed by atoms with Crippen molar-refractivity contribution in [2.75, 3.05) is 18.2 Å². The largest absolute Gasteiger partial charge is 0.497 e. The Kier molecular flexibility index (Phi) is 4.14. The van der Waals surface area contributed by atoms with Gasteiger partial charge in [-0.15, -0.1) is 0 Å². The molecule has 0 aliphatic carbocycles. The van der Waals surface area contributed by atoms with Crippen LogP contribution in [0.1, 0.15) is 10.4 Å². The van der Waals surface area contributed by atoms with Crippen LogP contribution in [0.3, 0.4) is 0 Å². The van der Waals surface area contributed by atoms with Crippen LogP contribution in [0.4, 0.5) is 17.1 Å². The molecule has 2 aromatic carbocycles. The molecular formula is C14H14BrN3O2. The summed E-state index contributed by atoms with van der Waals surface area (Å²) in [6, 6.07) is 10.4. The number of nitrogens with one attached hydrogen (secondary N) is 1. The van der Waals surface area contributed by atoms with E-state index in [-0.39, 0.29) is 0 Å². The molecule has 0 spiro atoms. The summed E-state index contributed by atoms with van der Waals surface area (Å²) in [5, 5.41) is 3.14. The molecule has 0 atom stereocenters. The fraction of sp³-hybridized carbons (Fsp3) is 0.0714. The van der Waals surface area contributed by atoms with Crippen molar-refractivity contribution in [2.45, 2.75) is 0 Å². The summed E-state index contributed by atoms with van der Waals surface area (Å²) in [5.74, 6) is 0.200. The van der Waals surface area contributed by atoms with Crippen LogP contribution in [0.2, 0.25) is 0 Å². The van der Waals surface area contributed by atoms with Gasteiger partial charge in [-0.3, -0.25) is 4.79 Å². The predicted octanol–water partition coefficient (Wildman–Crippen LogP) is 2.88. The van der Waals surface area contributed by atoms with E-state index in [1.165, 1.54) is 0 Å². The van der Waals surface area contributed by atoms with Gasteiger partial charge in [0, 0.05) is 21.8 Å². The standard InChI is InChI=1S/C14H14BrN3O2/c1-20-11-6-9(15)5-10(7-11)18-13-4-8(14(17)19)2-3-12(13)16/h2-7,18H,16H2,1H3,(H2,17,19). The fourth-order valence-corrected chi connectivity index (χ4v) is 2.20. The molecule has 0 radical (unpaired) electrons. The maximum atomic E-state index is 11.2. The first-order valence-electron chi connectivity index (χ1n) is 5.80. The number of carbonyl (C=O) groups excluding carboxylic acids is 1. The van der Waals surface area contributed by atoms with E-state index in [4.69, 9.17) is 16.2 Å². The molecule has 0 aromatic heterocycles. The third-order valence-electron chi connectivity index (χ3n) is 2.72. The van der Waals surface area contributed by atoms with Crippen LogP contribution in [0.25, 0.3) is 0 Å². The quantitative estimate of drug-likeness (QED) is 0.749. The van der Waals surface area contributed by atoms with E-state index in [1.54, 1.807) is 25.3 Å². The van der Waals surface area contributed by atoms with Gasteiger partial charge in [0.25, 0.3) is 0 Å². The van der Waals surface area contributed by atoms with E-state index in [0.717, 1.165) is 10.2 Å². The molecule has 0 saturated heterocycles. The minimum atomic E-state index is -0.500. The minimum absolute atomic E-state index is 0.392. The zero-order valence-corrected chi connectivity index (χ0v) is 12.4. The summed E-state index contributed by atoms with van der Waals surface area (Å²) in [6.45, 7) is 0. The van der Waals surface area contributed by atoms with Gasteiger partial charge < -0.3 is 21.5 Å². The van der Waals surface area contributed by atoms with Crippen LogP contribution in [-0.4, -0.2) is 13.0 Å². The van der Waals surface area contributed by atoms with Crippen molar-refractivity contribution in [1.29, 1.82) is 0 Å². The Morgan fingerprint density at radius 2 is 2.00 bits per heavy atom. The predicted molar refractivity (Wildman–Crippen MR) is 83.3 cm³/mol. The number of hydrogen-bond acceptors (Lipinski definition) is 4. The van der Waals surface area contributed by atoms with Crippen LogP contribution >= 0.6 is 15.9 Å². The van der Waals surface area contributed by atoms with E-state index < -0.39 is 5.91 Å². The first-order chi connectivity index (χ1) is 9.49. The van der Waals surface area contributed by atoms with Crippen molar-refractivity contribution < 1.29 is 9.53 Å². The molecule has 0 saturated carbocycles. The second-order valence-corrected chi connectivity index (χ2v) is 5.09. The normalized spacial score (nSPS) is 10.1. The number of benzene rings is 2. The number of amides is 1. The average molecular weight is 336 g/mol. The van der Waals surface area contributed by atoms with Gasteiger partial charge >= 0.3 is 0 Å². The fourth-order valence-electron chi connectivity index (χ4n) is 1.73.